The van der Waals surface area contributed by atoms with Gasteiger partial charge in [-0.15, -0.1) is 0 Å². The molecule has 1 aliphatic carbocycles. The van der Waals surface area contributed by atoms with Crippen molar-refractivity contribution in [3.05, 3.63) is 51.9 Å². The van der Waals surface area contributed by atoms with Gasteiger partial charge in [-0.25, -0.2) is 9.78 Å². The fourth-order valence-corrected chi connectivity index (χ4v) is 3.89. The van der Waals surface area contributed by atoms with Crippen LogP contribution in [0.1, 0.15) is 48.7 Å². The minimum Gasteiger partial charge on any atom is -0.477 e. The molecule has 32 heavy (non-hydrogen) atoms. The maximum atomic E-state index is 12.8. The number of nitrogens with zero attached hydrogens (tertiary/aromatic N) is 2. The number of carboxylic acids is 1. The van der Waals surface area contributed by atoms with E-state index in [1.54, 1.807) is 24.4 Å². The summed E-state index contributed by atoms with van der Waals surface area (Å²) in [4.78, 5) is 51.8. The number of pyridine rings is 2. The molecule has 1 fully saturated rings. The summed E-state index contributed by atoms with van der Waals surface area (Å²) in [5, 5.41) is 15.1. The van der Waals surface area contributed by atoms with E-state index in [0.717, 1.165) is 24.0 Å². The molecule has 2 amide bonds. The van der Waals surface area contributed by atoms with Crippen molar-refractivity contribution in [2.24, 2.45) is 0 Å². The van der Waals surface area contributed by atoms with Gasteiger partial charge in [0.2, 0.25) is 17.2 Å². The van der Waals surface area contributed by atoms with E-state index in [1.165, 1.54) is 20.0 Å². The molecule has 0 radical (unpaired) electrons. The second-order valence-electron chi connectivity index (χ2n) is 7.93. The lowest BCUT2D eigenvalue weighted by Gasteiger charge is -2.17. The van der Waals surface area contributed by atoms with Gasteiger partial charge >= 0.3 is 5.97 Å². The van der Waals surface area contributed by atoms with Crippen LogP contribution >= 0.6 is 0 Å². The molecule has 4 rings (SSSR count). The van der Waals surface area contributed by atoms with E-state index in [4.69, 9.17) is 0 Å². The number of hydrogen-bond acceptors (Lipinski definition) is 5. The molecule has 0 unspecified atom stereocenters. The summed E-state index contributed by atoms with van der Waals surface area (Å²) in [6.45, 7) is 4.58. The smallest absolute Gasteiger partial charge is 0.341 e. The Hall–Kier alpha value is -4.01. The van der Waals surface area contributed by atoms with E-state index < -0.39 is 11.4 Å². The van der Waals surface area contributed by atoms with Gasteiger partial charge in [-0.3, -0.25) is 14.4 Å². The van der Waals surface area contributed by atoms with Crippen molar-refractivity contribution in [3.8, 4) is 11.1 Å². The van der Waals surface area contributed by atoms with Crippen LogP contribution in [0.3, 0.4) is 0 Å². The molecule has 1 saturated carbocycles. The third-order valence-electron chi connectivity index (χ3n) is 5.42. The highest BCUT2D eigenvalue weighted by Crippen LogP contribution is 2.39. The molecule has 1 aliphatic rings. The molecule has 9 nitrogen and oxygen atoms in total. The minimum atomic E-state index is -1.24. The van der Waals surface area contributed by atoms with Crippen molar-refractivity contribution in [3.63, 3.8) is 0 Å². The van der Waals surface area contributed by atoms with Crippen LogP contribution in [0.2, 0.25) is 0 Å². The lowest BCUT2D eigenvalue weighted by atomic mass is 9.97. The fraction of sp³-hybridized carbons (Fsp3) is 0.261. The van der Waals surface area contributed by atoms with E-state index in [2.05, 4.69) is 15.6 Å². The fourth-order valence-electron chi connectivity index (χ4n) is 3.89. The minimum absolute atomic E-state index is 0.153. The topological polar surface area (TPSA) is 130 Å². The maximum Gasteiger partial charge on any atom is 0.341 e. The molecule has 3 aromatic rings. The number of aromatic nitrogens is 2. The first-order valence-electron chi connectivity index (χ1n) is 10.1. The van der Waals surface area contributed by atoms with Gasteiger partial charge in [-0.05, 0) is 43.0 Å². The molecule has 1 aromatic carbocycles. The second-order valence-corrected chi connectivity index (χ2v) is 7.93. The molecular weight excluding hydrogens is 412 g/mol. The van der Waals surface area contributed by atoms with Crippen molar-refractivity contribution in [1.29, 1.82) is 0 Å². The van der Waals surface area contributed by atoms with Gasteiger partial charge in [0.1, 0.15) is 5.56 Å². The highest BCUT2D eigenvalue weighted by Gasteiger charge is 2.28. The van der Waals surface area contributed by atoms with Crippen LogP contribution in [0.15, 0.2) is 35.4 Å². The number of carbonyl (C=O) groups excluding carboxylic acids is 2. The van der Waals surface area contributed by atoms with Crippen LogP contribution in [0.5, 0.6) is 0 Å². The van der Waals surface area contributed by atoms with E-state index in [9.17, 15) is 24.3 Å². The SMILES string of the molecule is CC(=O)Nc1cc(-c2ccc3c(=O)c(C(=O)O)cn(C4CC4)c3c2C)cnc1NC(C)=O. The average molecular weight is 434 g/mol. The number of aryl methyl sites for hydroxylation is 1. The van der Waals surface area contributed by atoms with Gasteiger partial charge in [0, 0.05) is 43.2 Å². The van der Waals surface area contributed by atoms with Crippen LogP contribution in [0, 0.1) is 6.92 Å². The first-order valence-corrected chi connectivity index (χ1v) is 10.1. The zero-order valence-electron chi connectivity index (χ0n) is 17.9. The standard InChI is InChI=1S/C23H22N4O5/c1-11-16(14-8-19(25-12(2)28)22(24-9-14)26-13(3)29)6-7-17-20(11)27(15-4-5-15)10-18(21(17)30)23(31)32/h6-10,15H,4-5H2,1-3H3,(H,25,28)(H,31,32)(H,24,26,29). The number of carbonyl (C=O) groups is 3. The first kappa shape index (κ1) is 21.2. The monoisotopic (exact) mass is 434 g/mol. The van der Waals surface area contributed by atoms with Gasteiger partial charge in [0.15, 0.2) is 5.82 Å². The number of aromatic carboxylic acids is 1. The van der Waals surface area contributed by atoms with Crippen molar-refractivity contribution >= 4 is 40.2 Å². The number of fused-ring (bicyclic) bond motifs is 1. The van der Waals surface area contributed by atoms with Crippen molar-refractivity contribution in [2.45, 2.75) is 39.7 Å². The summed E-state index contributed by atoms with van der Waals surface area (Å²) < 4.78 is 1.88. The van der Waals surface area contributed by atoms with Crippen LogP contribution in [0.4, 0.5) is 11.5 Å². The molecule has 0 bridgehead atoms. The van der Waals surface area contributed by atoms with Gasteiger partial charge in [-0.2, -0.15) is 0 Å². The van der Waals surface area contributed by atoms with E-state index in [0.29, 0.717) is 22.2 Å². The van der Waals surface area contributed by atoms with E-state index in [1.807, 2.05) is 11.5 Å². The molecule has 0 aliphatic heterocycles. The third-order valence-corrected chi connectivity index (χ3v) is 5.42. The van der Waals surface area contributed by atoms with Crippen molar-refractivity contribution < 1.29 is 19.5 Å². The average Bonchev–Trinajstić information content (AvgIpc) is 3.54. The zero-order chi connectivity index (χ0) is 23.2. The number of rotatable bonds is 5. The number of anilines is 2. The van der Waals surface area contributed by atoms with Crippen molar-refractivity contribution in [2.75, 3.05) is 10.6 Å². The normalized spacial score (nSPS) is 13.1. The second kappa shape index (κ2) is 7.92. The largest absolute Gasteiger partial charge is 0.477 e. The van der Waals surface area contributed by atoms with Gasteiger partial charge < -0.3 is 20.3 Å². The lowest BCUT2D eigenvalue weighted by Crippen LogP contribution is -2.19. The molecule has 0 saturated heterocycles. The Balaban J connectivity index is 1.93. The Kier molecular flexibility index (Phi) is 5.25. The van der Waals surface area contributed by atoms with E-state index >= 15 is 0 Å². The number of benzene rings is 1. The van der Waals surface area contributed by atoms with Gasteiger partial charge in [0.05, 0.1) is 11.2 Å². The molecule has 3 N–H and O–H groups in total. The first-order chi connectivity index (χ1) is 15.2. The number of nitrogens with one attached hydrogen (secondary N) is 2. The Bertz CT molecular complexity index is 1350. The van der Waals surface area contributed by atoms with Crippen molar-refractivity contribution in [1.82, 2.24) is 9.55 Å². The number of hydrogen-bond donors (Lipinski definition) is 3. The Morgan fingerprint density at radius 1 is 1.12 bits per heavy atom. The lowest BCUT2D eigenvalue weighted by molar-refractivity contribution is -0.115. The maximum absolute atomic E-state index is 12.8. The third kappa shape index (κ3) is 3.84. The molecule has 0 atom stereocenters. The number of carboxylic acid groups (broad SMARTS) is 1. The summed E-state index contributed by atoms with van der Waals surface area (Å²) in [7, 11) is 0. The molecule has 9 heteroatoms. The van der Waals surface area contributed by atoms with Crippen LogP contribution in [0.25, 0.3) is 22.0 Å². The van der Waals surface area contributed by atoms with Gasteiger partial charge in [-0.1, -0.05) is 6.07 Å². The zero-order valence-corrected chi connectivity index (χ0v) is 17.9. The quantitative estimate of drug-likeness (QED) is 0.565. The summed E-state index contributed by atoms with van der Waals surface area (Å²) in [5.41, 5.74) is 2.54. The molecular formula is C23H22N4O5. The van der Waals surface area contributed by atoms with Crippen LogP contribution < -0.4 is 16.1 Å². The molecule has 164 valence electrons. The highest BCUT2D eigenvalue weighted by molar-refractivity contribution is 5.99. The number of amides is 2. The summed E-state index contributed by atoms with van der Waals surface area (Å²) in [6.07, 6.45) is 4.85. The Labute approximate surface area is 183 Å². The molecule has 2 aromatic heterocycles. The van der Waals surface area contributed by atoms with E-state index in [-0.39, 0.29) is 29.2 Å². The highest BCUT2D eigenvalue weighted by atomic mass is 16.4. The Morgan fingerprint density at radius 3 is 2.41 bits per heavy atom. The van der Waals surface area contributed by atoms with Crippen LogP contribution in [-0.4, -0.2) is 32.4 Å². The summed E-state index contributed by atoms with van der Waals surface area (Å²) >= 11 is 0. The summed E-state index contributed by atoms with van der Waals surface area (Å²) in [6, 6.07) is 5.24. The molecule has 2 heterocycles. The predicted octanol–water partition coefficient (Wildman–Crippen LogP) is 3.32. The summed E-state index contributed by atoms with van der Waals surface area (Å²) in [5.74, 6) is -1.64. The van der Waals surface area contributed by atoms with Gasteiger partial charge in [0.25, 0.3) is 0 Å². The van der Waals surface area contributed by atoms with Crippen LogP contribution in [-0.2, 0) is 9.59 Å². The Morgan fingerprint density at radius 2 is 1.81 bits per heavy atom. The predicted molar refractivity (Wildman–Crippen MR) is 120 cm³/mol. The molecule has 0 spiro atoms.